The first-order chi connectivity index (χ1) is 13.0. The molecule has 0 unspecified atom stereocenters. The second-order valence-electron chi connectivity index (χ2n) is 6.47. The van der Waals surface area contributed by atoms with E-state index in [2.05, 4.69) is 30.4 Å². The highest BCUT2D eigenvalue weighted by atomic mass is 19.4. The first-order valence-corrected chi connectivity index (χ1v) is 8.99. The third-order valence-corrected chi connectivity index (χ3v) is 4.54. The van der Waals surface area contributed by atoms with Crippen LogP contribution in [0.25, 0.3) is 0 Å². The lowest BCUT2D eigenvalue weighted by atomic mass is 10.1. The van der Waals surface area contributed by atoms with E-state index >= 15 is 0 Å². The van der Waals surface area contributed by atoms with Gasteiger partial charge in [-0.3, -0.25) is 4.99 Å². The molecule has 3 rings (SSSR count). The summed E-state index contributed by atoms with van der Waals surface area (Å²) in [6, 6.07) is 5.25. The Labute approximate surface area is 155 Å². The van der Waals surface area contributed by atoms with Crippen LogP contribution in [0.3, 0.4) is 0 Å². The number of aryl methyl sites for hydroxylation is 1. The summed E-state index contributed by atoms with van der Waals surface area (Å²) in [7, 11) is 1.62. The molecule has 9 heteroatoms. The minimum Gasteiger partial charge on any atom is -0.352 e. The van der Waals surface area contributed by atoms with Gasteiger partial charge in [0.2, 0.25) is 0 Å². The highest BCUT2D eigenvalue weighted by molar-refractivity contribution is 5.79. The fourth-order valence-corrected chi connectivity index (χ4v) is 3.10. The van der Waals surface area contributed by atoms with Gasteiger partial charge in [-0.15, -0.1) is 10.2 Å². The van der Waals surface area contributed by atoms with Gasteiger partial charge in [0.1, 0.15) is 5.82 Å². The van der Waals surface area contributed by atoms with Crippen molar-refractivity contribution in [3.05, 3.63) is 47.0 Å². The number of aliphatic imine (C=N–C) groups is 1. The predicted octanol–water partition coefficient (Wildman–Crippen LogP) is 2.89. The Hall–Kier alpha value is -2.58. The van der Waals surface area contributed by atoms with E-state index in [1.807, 2.05) is 0 Å². The van der Waals surface area contributed by atoms with Crippen LogP contribution in [0.5, 0.6) is 0 Å². The molecule has 1 aromatic carbocycles. The average molecular weight is 380 g/mol. The van der Waals surface area contributed by atoms with Crippen LogP contribution < -0.4 is 10.6 Å². The van der Waals surface area contributed by atoms with Gasteiger partial charge in [0.25, 0.3) is 0 Å². The van der Waals surface area contributed by atoms with Crippen LogP contribution in [0, 0.1) is 0 Å². The molecule has 2 aromatic rings. The number of alkyl halides is 3. The molecule has 146 valence electrons. The Morgan fingerprint density at radius 3 is 2.74 bits per heavy atom. The van der Waals surface area contributed by atoms with Crippen molar-refractivity contribution in [1.82, 2.24) is 25.4 Å². The molecule has 27 heavy (non-hydrogen) atoms. The lowest BCUT2D eigenvalue weighted by Gasteiger charge is -2.13. The van der Waals surface area contributed by atoms with Crippen molar-refractivity contribution in [2.45, 2.75) is 51.5 Å². The number of halogens is 3. The Morgan fingerprint density at radius 2 is 1.96 bits per heavy atom. The summed E-state index contributed by atoms with van der Waals surface area (Å²) in [5.41, 5.74) is -0.125. The van der Waals surface area contributed by atoms with Crippen molar-refractivity contribution in [2.24, 2.45) is 4.99 Å². The number of benzene rings is 1. The first kappa shape index (κ1) is 19.2. The zero-order chi connectivity index (χ0) is 19.3. The largest absolute Gasteiger partial charge is 0.416 e. The Morgan fingerprint density at radius 1 is 1.15 bits per heavy atom. The number of guanidine groups is 1. The molecule has 0 aliphatic carbocycles. The third kappa shape index (κ3) is 4.99. The van der Waals surface area contributed by atoms with E-state index in [0.29, 0.717) is 18.1 Å². The van der Waals surface area contributed by atoms with Crippen LogP contribution in [0.15, 0.2) is 29.3 Å². The summed E-state index contributed by atoms with van der Waals surface area (Å²) < 4.78 is 40.6. The van der Waals surface area contributed by atoms with Crippen LogP contribution in [0.2, 0.25) is 0 Å². The van der Waals surface area contributed by atoms with Gasteiger partial charge in [-0.05, 0) is 30.5 Å². The monoisotopic (exact) mass is 380 g/mol. The minimum atomic E-state index is -4.35. The van der Waals surface area contributed by atoms with E-state index in [-0.39, 0.29) is 6.54 Å². The Bertz CT molecular complexity index is 797. The van der Waals surface area contributed by atoms with Gasteiger partial charge in [0, 0.05) is 26.6 Å². The smallest absolute Gasteiger partial charge is 0.352 e. The third-order valence-electron chi connectivity index (χ3n) is 4.54. The molecule has 0 atom stereocenters. The molecule has 6 nitrogen and oxygen atoms in total. The van der Waals surface area contributed by atoms with Crippen LogP contribution in [0.4, 0.5) is 13.2 Å². The fourth-order valence-electron chi connectivity index (χ4n) is 3.10. The molecule has 0 radical (unpaired) electrons. The van der Waals surface area contributed by atoms with Crippen molar-refractivity contribution in [1.29, 1.82) is 0 Å². The molecule has 0 saturated heterocycles. The van der Waals surface area contributed by atoms with Crippen molar-refractivity contribution < 1.29 is 13.2 Å². The number of hydrogen-bond acceptors (Lipinski definition) is 3. The van der Waals surface area contributed by atoms with E-state index < -0.39 is 11.7 Å². The minimum absolute atomic E-state index is 0.238. The van der Waals surface area contributed by atoms with Crippen molar-refractivity contribution in [3.63, 3.8) is 0 Å². The zero-order valence-electron chi connectivity index (χ0n) is 15.2. The van der Waals surface area contributed by atoms with Crippen LogP contribution in [-0.4, -0.2) is 27.8 Å². The molecule has 1 aromatic heterocycles. The molecule has 0 amide bonds. The van der Waals surface area contributed by atoms with Gasteiger partial charge in [0.15, 0.2) is 11.8 Å². The Kier molecular flexibility index (Phi) is 5.98. The normalized spacial score (nSPS) is 15.2. The number of rotatable bonds is 4. The highest BCUT2D eigenvalue weighted by Crippen LogP contribution is 2.29. The number of hydrogen-bond donors (Lipinski definition) is 2. The van der Waals surface area contributed by atoms with Gasteiger partial charge in [0.05, 0.1) is 12.1 Å². The lowest BCUT2D eigenvalue weighted by molar-refractivity contribution is -0.137. The molecule has 0 spiro atoms. The maximum atomic E-state index is 12.8. The van der Waals surface area contributed by atoms with E-state index in [0.717, 1.165) is 49.6 Å². The summed E-state index contributed by atoms with van der Waals surface area (Å²) >= 11 is 0. The second kappa shape index (κ2) is 8.41. The standard InChI is InChI=1S/C18H23F3N6/c1-22-17(23-11-13-6-5-7-14(10-13)18(19,20)21)24-12-16-26-25-15-8-3-2-4-9-27(15)16/h5-7,10H,2-4,8-9,11-12H2,1H3,(H2,22,23,24). The van der Waals surface area contributed by atoms with Gasteiger partial charge in [-0.25, -0.2) is 0 Å². The molecule has 1 aliphatic rings. The van der Waals surface area contributed by atoms with Gasteiger partial charge in [-0.1, -0.05) is 18.6 Å². The SMILES string of the molecule is CN=C(NCc1cccc(C(F)(F)F)c1)NCc1nnc2n1CCCCC2. The summed E-state index contributed by atoms with van der Waals surface area (Å²) in [6.45, 7) is 1.60. The molecular formula is C18H23F3N6. The second-order valence-corrected chi connectivity index (χ2v) is 6.47. The molecule has 0 saturated carbocycles. The molecular weight excluding hydrogens is 357 g/mol. The van der Waals surface area contributed by atoms with Crippen molar-refractivity contribution in [2.75, 3.05) is 7.05 Å². The number of aromatic nitrogens is 3. The maximum Gasteiger partial charge on any atom is 0.416 e. The van der Waals surface area contributed by atoms with E-state index in [1.165, 1.54) is 12.5 Å². The van der Waals surface area contributed by atoms with E-state index in [4.69, 9.17) is 0 Å². The first-order valence-electron chi connectivity index (χ1n) is 8.99. The Balaban J connectivity index is 1.57. The zero-order valence-corrected chi connectivity index (χ0v) is 15.2. The number of nitrogens with one attached hydrogen (secondary N) is 2. The summed E-state index contributed by atoms with van der Waals surface area (Å²) in [6.07, 6.45) is 0.0275. The fraction of sp³-hybridized carbons (Fsp3) is 0.500. The molecule has 2 N–H and O–H groups in total. The number of nitrogens with zero attached hydrogens (tertiary/aromatic N) is 4. The predicted molar refractivity (Wildman–Crippen MR) is 96.1 cm³/mol. The van der Waals surface area contributed by atoms with E-state index in [1.54, 1.807) is 13.1 Å². The summed E-state index contributed by atoms with van der Waals surface area (Å²) in [4.78, 5) is 4.12. The quantitative estimate of drug-likeness (QED) is 0.632. The molecule has 2 heterocycles. The van der Waals surface area contributed by atoms with Crippen molar-refractivity contribution in [3.8, 4) is 0 Å². The van der Waals surface area contributed by atoms with Gasteiger partial charge in [-0.2, -0.15) is 13.2 Å². The van der Waals surface area contributed by atoms with Gasteiger partial charge >= 0.3 is 6.18 Å². The molecule has 1 aliphatic heterocycles. The van der Waals surface area contributed by atoms with Crippen LogP contribution >= 0.6 is 0 Å². The lowest BCUT2D eigenvalue weighted by Crippen LogP contribution is -2.37. The summed E-state index contributed by atoms with van der Waals surface area (Å²) in [5, 5.41) is 14.7. The average Bonchev–Trinajstić information content (AvgIpc) is 2.88. The van der Waals surface area contributed by atoms with Crippen LogP contribution in [-0.2, 0) is 32.2 Å². The molecule has 0 bridgehead atoms. The highest BCUT2D eigenvalue weighted by Gasteiger charge is 2.30. The maximum absolute atomic E-state index is 12.8. The topological polar surface area (TPSA) is 67.1 Å². The van der Waals surface area contributed by atoms with E-state index in [9.17, 15) is 13.2 Å². The van der Waals surface area contributed by atoms with Crippen molar-refractivity contribution >= 4 is 5.96 Å². The summed E-state index contributed by atoms with van der Waals surface area (Å²) in [5.74, 6) is 2.35. The van der Waals surface area contributed by atoms with Gasteiger partial charge < -0.3 is 15.2 Å². The number of fused-ring (bicyclic) bond motifs is 1. The molecule has 0 fully saturated rings. The van der Waals surface area contributed by atoms with Crippen LogP contribution in [0.1, 0.15) is 42.0 Å².